The Balaban J connectivity index is 2.21. The minimum absolute atomic E-state index is 0.231. The van der Waals surface area contributed by atoms with Gasteiger partial charge in [0.05, 0.1) is 6.61 Å². The molecule has 0 aliphatic carbocycles. The van der Waals surface area contributed by atoms with Gasteiger partial charge in [0.25, 0.3) is 0 Å². The summed E-state index contributed by atoms with van der Waals surface area (Å²) in [4.78, 5) is 16.4. The van der Waals surface area contributed by atoms with E-state index in [-0.39, 0.29) is 12.0 Å². The summed E-state index contributed by atoms with van der Waals surface area (Å²) in [5.41, 5.74) is 2.38. The second-order valence-electron chi connectivity index (χ2n) is 3.49. The molecule has 0 saturated heterocycles. The van der Waals surface area contributed by atoms with Gasteiger partial charge in [-0.3, -0.25) is 5.43 Å². The van der Waals surface area contributed by atoms with Gasteiger partial charge in [0.15, 0.2) is 5.16 Å². The number of nitrogen functional groups attached to an aromatic ring is 1. The topological polar surface area (TPSA) is 117 Å². The van der Waals surface area contributed by atoms with E-state index in [0.717, 1.165) is 6.42 Å². The summed E-state index contributed by atoms with van der Waals surface area (Å²) in [6.45, 7) is 2.53. The highest BCUT2D eigenvalue weighted by Crippen LogP contribution is 2.23. The molecule has 0 aliphatic heterocycles. The fourth-order valence-corrected chi connectivity index (χ4v) is 1.86. The lowest BCUT2D eigenvalue weighted by atomic mass is 10.5. The largest absolute Gasteiger partial charge is 0.463 e. The lowest BCUT2D eigenvalue weighted by molar-refractivity contribution is 0.288. The molecule has 19 heavy (non-hydrogen) atoms. The summed E-state index contributed by atoms with van der Waals surface area (Å²) in [6.07, 6.45) is 2.32. The zero-order chi connectivity index (χ0) is 13.7. The molecular weight excluding hydrogens is 268 g/mol. The molecule has 2 aromatic rings. The number of hydrogen-bond acceptors (Lipinski definition) is 9. The number of aryl methyl sites for hydroxylation is 1. The first-order valence-electron chi connectivity index (χ1n) is 5.60. The number of aromatic nitrogens is 6. The third-order valence-electron chi connectivity index (χ3n) is 2.01. The van der Waals surface area contributed by atoms with E-state index in [9.17, 15) is 0 Å². The van der Waals surface area contributed by atoms with E-state index in [2.05, 4.69) is 30.5 Å². The molecule has 3 N–H and O–H groups in total. The number of rotatable bonds is 6. The summed E-state index contributed by atoms with van der Waals surface area (Å²) in [7, 11) is 1.78. The molecule has 10 heteroatoms. The predicted octanol–water partition coefficient (Wildman–Crippen LogP) is 0.226. The van der Waals surface area contributed by atoms with Crippen LogP contribution in [0.1, 0.15) is 13.3 Å². The molecule has 0 aliphatic rings. The Morgan fingerprint density at radius 2 is 2.26 bits per heavy atom. The van der Waals surface area contributed by atoms with E-state index in [1.807, 2.05) is 6.92 Å². The lowest BCUT2D eigenvalue weighted by Crippen LogP contribution is -2.13. The van der Waals surface area contributed by atoms with Crippen molar-refractivity contribution in [1.82, 2.24) is 29.7 Å². The first-order chi connectivity index (χ1) is 9.22. The van der Waals surface area contributed by atoms with Crippen molar-refractivity contribution < 1.29 is 4.74 Å². The van der Waals surface area contributed by atoms with Crippen LogP contribution >= 0.6 is 11.8 Å². The zero-order valence-corrected chi connectivity index (χ0v) is 11.4. The van der Waals surface area contributed by atoms with Gasteiger partial charge in [-0.1, -0.05) is 6.92 Å². The smallest absolute Gasteiger partial charge is 0.322 e. The SMILES string of the molecule is CCCOc1nc(NN)nc(Sc2ncnn2C)n1. The molecule has 0 amide bonds. The Morgan fingerprint density at radius 1 is 1.42 bits per heavy atom. The van der Waals surface area contributed by atoms with Gasteiger partial charge in [-0.25, -0.2) is 15.5 Å². The van der Waals surface area contributed by atoms with Crippen molar-refractivity contribution in [3.05, 3.63) is 6.33 Å². The van der Waals surface area contributed by atoms with Crippen LogP contribution in [0.2, 0.25) is 0 Å². The quantitative estimate of drug-likeness (QED) is 0.567. The van der Waals surface area contributed by atoms with E-state index < -0.39 is 0 Å². The highest BCUT2D eigenvalue weighted by Gasteiger charge is 2.11. The number of nitrogens with two attached hydrogens (primary N) is 1. The molecule has 2 aromatic heterocycles. The molecule has 0 aromatic carbocycles. The van der Waals surface area contributed by atoms with Crippen LogP contribution in [0, 0.1) is 0 Å². The number of hydrogen-bond donors (Lipinski definition) is 2. The van der Waals surface area contributed by atoms with Crippen molar-refractivity contribution >= 4 is 17.7 Å². The van der Waals surface area contributed by atoms with Crippen molar-refractivity contribution in [2.45, 2.75) is 23.7 Å². The van der Waals surface area contributed by atoms with E-state index in [1.165, 1.54) is 18.1 Å². The average molecular weight is 282 g/mol. The summed E-state index contributed by atoms with van der Waals surface area (Å²) >= 11 is 1.25. The molecule has 0 spiro atoms. The van der Waals surface area contributed by atoms with Crippen LogP contribution in [-0.4, -0.2) is 36.3 Å². The third-order valence-corrected chi connectivity index (χ3v) is 2.93. The second kappa shape index (κ2) is 6.29. The molecule has 0 atom stereocenters. The molecule has 0 saturated carbocycles. The van der Waals surface area contributed by atoms with Crippen LogP contribution < -0.4 is 16.0 Å². The maximum absolute atomic E-state index is 5.37. The van der Waals surface area contributed by atoms with Gasteiger partial charge in [-0.15, -0.1) is 0 Å². The highest BCUT2D eigenvalue weighted by atomic mass is 32.2. The van der Waals surface area contributed by atoms with Crippen molar-refractivity contribution in [3.8, 4) is 6.01 Å². The Bertz CT molecular complexity index is 545. The molecule has 0 radical (unpaired) electrons. The average Bonchev–Trinajstić information content (AvgIpc) is 2.81. The minimum atomic E-state index is 0.231. The standard InChI is InChI=1S/C9H14N8OS/c1-3-4-18-7-13-6(16-10)14-8(15-7)19-9-11-5-12-17(9)2/h5H,3-4,10H2,1-2H3,(H,13,14,15,16). The molecule has 0 fully saturated rings. The number of ether oxygens (including phenoxy) is 1. The van der Waals surface area contributed by atoms with Gasteiger partial charge in [-0.2, -0.15) is 20.1 Å². The normalized spacial score (nSPS) is 10.5. The molecule has 0 bridgehead atoms. The first-order valence-corrected chi connectivity index (χ1v) is 6.42. The van der Waals surface area contributed by atoms with Crippen LogP contribution in [0.4, 0.5) is 5.95 Å². The molecule has 9 nitrogen and oxygen atoms in total. The van der Waals surface area contributed by atoms with Crippen molar-refractivity contribution in [2.75, 3.05) is 12.0 Å². The Labute approximate surface area is 114 Å². The first kappa shape index (κ1) is 13.5. The summed E-state index contributed by atoms with van der Waals surface area (Å²) in [6, 6.07) is 0.231. The van der Waals surface area contributed by atoms with Gasteiger partial charge in [0, 0.05) is 7.05 Å². The molecule has 102 valence electrons. The van der Waals surface area contributed by atoms with Crippen LogP contribution in [-0.2, 0) is 7.05 Å². The van der Waals surface area contributed by atoms with E-state index in [1.54, 1.807) is 11.7 Å². The highest BCUT2D eigenvalue weighted by molar-refractivity contribution is 7.99. The summed E-state index contributed by atoms with van der Waals surface area (Å²) in [5.74, 6) is 5.56. The molecular formula is C9H14N8OS. The molecule has 2 heterocycles. The predicted molar refractivity (Wildman–Crippen MR) is 68.5 cm³/mol. The maximum atomic E-state index is 5.37. The van der Waals surface area contributed by atoms with Gasteiger partial charge in [0.2, 0.25) is 11.1 Å². The Kier molecular flexibility index (Phi) is 4.47. The number of anilines is 1. The zero-order valence-electron chi connectivity index (χ0n) is 10.6. The van der Waals surface area contributed by atoms with Gasteiger partial charge in [-0.05, 0) is 18.2 Å². The fourth-order valence-electron chi connectivity index (χ4n) is 1.17. The number of nitrogens with one attached hydrogen (secondary N) is 1. The molecule has 2 rings (SSSR count). The minimum Gasteiger partial charge on any atom is -0.463 e. The summed E-state index contributed by atoms with van der Waals surface area (Å²) < 4.78 is 7.00. The molecule has 0 unspecified atom stereocenters. The maximum Gasteiger partial charge on any atom is 0.322 e. The van der Waals surface area contributed by atoms with E-state index in [4.69, 9.17) is 10.6 Å². The Hall–Kier alpha value is -1.94. The third kappa shape index (κ3) is 3.51. The van der Waals surface area contributed by atoms with Crippen molar-refractivity contribution in [2.24, 2.45) is 12.9 Å². The lowest BCUT2D eigenvalue weighted by Gasteiger charge is -2.06. The van der Waals surface area contributed by atoms with Crippen LogP contribution in [0.25, 0.3) is 0 Å². The van der Waals surface area contributed by atoms with Crippen LogP contribution in [0.3, 0.4) is 0 Å². The number of nitrogens with zero attached hydrogens (tertiary/aromatic N) is 6. The van der Waals surface area contributed by atoms with Gasteiger partial charge < -0.3 is 4.74 Å². The van der Waals surface area contributed by atoms with E-state index >= 15 is 0 Å². The van der Waals surface area contributed by atoms with Crippen LogP contribution in [0.15, 0.2) is 16.6 Å². The van der Waals surface area contributed by atoms with E-state index in [0.29, 0.717) is 16.9 Å². The fraction of sp³-hybridized carbons (Fsp3) is 0.444. The Morgan fingerprint density at radius 3 is 2.89 bits per heavy atom. The van der Waals surface area contributed by atoms with Gasteiger partial charge in [0.1, 0.15) is 6.33 Å². The van der Waals surface area contributed by atoms with Crippen molar-refractivity contribution in [1.29, 1.82) is 0 Å². The van der Waals surface area contributed by atoms with Gasteiger partial charge >= 0.3 is 6.01 Å². The monoisotopic (exact) mass is 282 g/mol. The number of hydrazine groups is 1. The second-order valence-corrected chi connectivity index (χ2v) is 4.42. The summed E-state index contributed by atoms with van der Waals surface area (Å²) in [5, 5.41) is 5.07. The van der Waals surface area contributed by atoms with Crippen molar-refractivity contribution in [3.63, 3.8) is 0 Å². The van der Waals surface area contributed by atoms with Crippen LogP contribution in [0.5, 0.6) is 6.01 Å².